The Bertz CT molecular complexity index is 430. The average molecular weight is 218 g/mol. The Labute approximate surface area is 95.9 Å². The summed E-state index contributed by atoms with van der Waals surface area (Å²) in [5, 5.41) is 1.38. The zero-order chi connectivity index (χ0) is 11.1. The highest BCUT2D eigenvalue weighted by atomic mass is 32.1. The van der Waals surface area contributed by atoms with Crippen molar-refractivity contribution in [1.29, 1.82) is 0 Å². The van der Waals surface area contributed by atoms with E-state index >= 15 is 0 Å². The van der Waals surface area contributed by atoms with Crippen LogP contribution >= 0.6 is 11.3 Å². The number of hydrogen-bond acceptors (Lipinski definition) is 1. The molecule has 1 heteroatoms. The van der Waals surface area contributed by atoms with E-state index in [9.17, 15) is 0 Å². The van der Waals surface area contributed by atoms with E-state index in [1.54, 1.807) is 0 Å². The Kier molecular flexibility index (Phi) is 2.59. The Balaban J connectivity index is 2.53. The molecule has 2 aromatic rings. The number of hydrogen-bond donors (Lipinski definition) is 0. The average Bonchev–Trinajstić information content (AvgIpc) is 2.61. The van der Waals surface area contributed by atoms with E-state index in [-0.39, 0.29) is 5.41 Å². The van der Waals surface area contributed by atoms with E-state index in [1.165, 1.54) is 15.0 Å². The lowest BCUT2D eigenvalue weighted by atomic mass is 9.80. The summed E-state index contributed by atoms with van der Waals surface area (Å²) < 4.78 is 1.40. The lowest BCUT2D eigenvalue weighted by Gasteiger charge is -2.27. The van der Waals surface area contributed by atoms with Crippen LogP contribution in [0.4, 0.5) is 0 Å². The van der Waals surface area contributed by atoms with Gasteiger partial charge >= 0.3 is 0 Å². The maximum Gasteiger partial charge on any atom is 0.0345 e. The first-order valence-electron chi connectivity index (χ1n) is 5.51. The third-order valence-electron chi connectivity index (χ3n) is 3.50. The molecule has 0 N–H and O–H groups in total. The maximum atomic E-state index is 2.35. The predicted molar refractivity (Wildman–Crippen MR) is 69.7 cm³/mol. The molecule has 0 aliphatic carbocycles. The van der Waals surface area contributed by atoms with Gasteiger partial charge in [0.25, 0.3) is 0 Å². The highest BCUT2D eigenvalue weighted by Crippen LogP contribution is 2.38. The Morgan fingerprint density at radius 3 is 2.40 bits per heavy atom. The molecule has 1 heterocycles. The summed E-state index contributed by atoms with van der Waals surface area (Å²) >= 11 is 1.93. The summed E-state index contributed by atoms with van der Waals surface area (Å²) in [4.78, 5) is 1.50. The fraction of sp³-hybridized carbons (Fsp3) is 0.429. The summed E-state index contributed by atoms with van der Waals surface area (Å²) in [6.07, 6.45) is 0. The first kappa shape index (κ1) is 10.7. The Hall–Kier alpha value is -0.820. The van der Waals surface area contributed by atoms with Crippen LogP contribution in [-0.2, 0) is 5.41 Å². The van der Waals surface area contributed by atoms with Crippen LogP contribution in [0.3, 0.4) is 0 Å². The van der Waals surface area contributed by atoms with Gasteiger partial charge in [-0.1, -0.05) is 45.9 Å². The molecule has 0 nitrogen and oxygen atoms in total. The van der Waals surface area contributed by atoms with Crippen molar-refractivity contribution in [3.05, 3.63) is 35.2 Å². The molecule has 15 heavy (non-hydrogen) atoms. The number of thiophene rings is 1. The minimum absolute atomic E-state index is 0.281. The molecule has 80 valence electrons. The summed E-state index contributed by atoms with van der Waals surface area (Å²) in [5.74, 6) is 0.672. The topological polar surface area (TPSA) is 0 Å². The van der Waals surface area contributed by atoms with Gasteiger partial charge in [0.15, 0.2) is 0 Å². The van der Waals surface area contributed by atoms with Crippen LogP contribution in [0.2, 0.25) is 0 Å². The molecule has 0 unspecified atom stereocenters. The van der Waals surface area contributed by atoms with Crippen molar-refractivity contribution in [3.63, 3.8) is 0 Å². The van der Waals surface area contributed by atoms with Gasteiger partial charge in [0, 0.05) is 15.0 Å². The van der Waals surface area contributed by atoms with Crippen molar-refractivity contribution < 1.29 is 0 Å². The fourth-order valence-corrected chi connectivity index (χ4v) is 2.90. The van der Waals surface area contributed by atoms with Gasteiger partial charge in [-0.3, -0.25) is 0 Å². The summed E-state index contributed by atoms with van der Waals surface area (Å²) in [6, 6.07) is 11.0. The molecule has 0 fully saturated rings. The van der Waals surface area contributed by atoms with Crippen LogP contribution in [0.25, 0.3) is 10.1 Å². The van der Waals surface area contributed by atoms with E-state index in [2.05, 4.69) is 58.0 Å². The first-order chi connectivity index (χ1) is 7.01. The summed E-state index contributed by atoms with van der Waals surface area (Å²) in [6.45, 7) is 9.26. The second-order valence-corrected chi connectivity index (χ2v) is 6.11. The van der Waals surface area contributed by atoms with Gasteiger partial charge in [0.05, 0.1) is 0 Å². The first-order valence-corrected chi connectivity index (χ1v) is 6.32. The van der Waals surface area contributed by atoms with Gasteiger partial charge in [0.2, 0.25) is 0 Å². The van der Waals surface area contributed by atoms with Crippen LogP contribution in [0, 0.1) is 5.92 Å². The van der Waals surface area contributed by atoms with E-state index in [0.29, 0.717) is 5.92 Å². The number of fused-ring (bicyclic) bond motifs is 1. The molecule has 0 aliphatic rings. The van der Waals surface area contributed by atoms with Crippen molar-refractivity contribution in [1.82, 2.24) is 0 Å². The second-order valence-electron chi connectivity index (χ2n) is 5.02. The van der Waals surface area contributed by atoms with Crippen molar-refractivity contribution in [2.24, 2.45) is 5.92 Å². The second kappa shape index (κ2) is 3.64. The highest BCUT2D eigenvalue weighted by Gasteiger charge is 2.26. The molecule has 0 amide bonds. The zero-order valence-electron chi connectivity index (χ0n) is 9.87. The molecule has 0 atom stereocenters. The standard InChI is InChI=1S/C14H18S/c1-10(2)14(3,4)13-9-11-7-5-6-8-12(11)15-13/h5-10H,1-4H3. The molecule has 0 radical (unpaired) electrons. The Morgan fingerprint density at radius 2 is 1.80 bits per heavy atom. The zero-order valence-corrected chi connectivity index (χ0v) is 10.7. The Morgan fingerprint density at radius 1 is 1.13 bits per heavy atom. The van der Waals surface area contributed by atoms with Gasteiger partial charge in [-0.2, -0.15) is 0 Å². The third kappa shape index (κ3) is 1.81. The van der Waals surface area contributed by atoms with Crippen LogP contribution in [0.15, 0.2) is 30.3 Å². The molecule has 0 spiro atoms. The van der Waals surface area contributed by atoms with Crippen molar-refractivity contribution in [2.75, 3.05) is 0 Å². The fourth-order valence-electron chi connectivity index (χ4n) is 1.58. The molecule has 1 aromatic carbocycles. The molecular weight excluding hydrogens is 200 g/mol. The molecule has 0 aliphatic heterocycles. The van der Waals surface area contributed by atoms with Gasteiger partial charge in [0.1, 0.15) is 0 Å². The molecule has 0 saturated heterocycles. The predicted octanol–water partition coefficient (Wildman–Crippen LogP) is 4.83. The normalized spacial score (nSPS) is 12.6. The quantitative estimate of drug-likeness (QED) is 0.677. The SMILES string of the molecule is CC(C)C(C)(C)c1cc2ccccc2s1. The lowest BCUT2D eigenvalue weighted by molar-refractivity contribution is 0.379. The smallest absolute Gasteiger partial charge is 0.0345 e. The van der Waals surface area contributed by atoms with E-state index in [0.717, 1.165) is 0 Å². The van der Waals surface area contributed by atoms with E-state index in [1.807, 2.05) is 11.3 Å². The van der Waals surface area contributed by atoms with Gasteiger partial charge in [-0.15, -0.1) is 11.3 Å². The number of benzene rings is 1. The van der Waals surface area contributed by atoms with Crippen molar-refractivity contribution in [2.45, 2.75) is 33.1 Å². The molecule has 1 aromatic heterocycles. The van der Waals surface area contributed by atoms with E-state index < -0.39 is 0 Å². The minimum Gasteiger partial charge on any atom is -0.140 e. The number of rotatable bonds is 2. The minimum atomic E-state index is 0.281. The molecular formula is C14H18S. The van der Waals surface area contributed by atoms with Crippen LogP contribution in [-0.4, -0.2) is 0 Å². The van der Waals surface area contributed by atoms with Crippen LogP contribution in [0.1, 0.15) is 32.6 Å². The van der Waals surface area contributed by atoms with Crippen LogP contribution < -0.4 is 0 Å². The van der Waals surface area contributed by atoms with Gasteiger partial charge in [-0.05, 0) is 23.4 Å². The monoisotopic (exact) mass is 218 g/mol. The molecule has 0 bridgehead atoms. The summed E-state index contributed by atoms with van der Waals surface area (Å²) in [7, 11) is 0. The maximum absolute atomic E-state index is 2.35. The van der Waals surface area contributed by atoms with Crippen molar-refractivity contribution >= 4 is 21.4 Å². The largest absolute Gasteiger partial charge is 0.140 e. The van der Waals surface area contributed by atoms with E-state index in [4.69, 9.17) is 0 Å². The molecule has 2 rings (SSSR count). The van der Waals surface area contributed by atoms with Crippen molar-refractivity contribution in [3.8, 4) is 0 Å². The summed E-state index contributed by atoms with van der Waals surface area (Å²) in [5.41, 5.74) is 0.281. The molecule has 0 saturated carbocycles. The van der Waals surface area contributed by atoms with Gasteiger partial charge < -0.3 is 0 Å². The third-order valence-corrected chi connectivity index (χ3v) is 4.96. The van der Waals surface area contributed by atoms with Crippen LogP contribution in [0.5, 0.6) is 0 Å². The highest BCUT2D eigenvalue weighted by molar-refractivity contribution is 7.19. The lowest BCUT2D eigenvalue weighted by Crippen LogP contribution is -2.22. The van der Waals surface area contributed by atoms with Gasteiger partial charge in [-0.25, -0.2) is 0 Å².